The molecule has 5 aromatic rings. The molecule has 0 saturated heterocycles. The minimum atomic E-state index is -0.0626. The standard InChI is InChI=1S/C29H30N6O/c1-19-12-20(2)25(21(3)13-19)24-18-33(4)27-26(24)28(36)34(5)29(32-27)35(16-22-8-6-10-30-14-22)17-23-9-7-11-31-15-23/h6-15,18H,16-17H2,1-5H3. The third-order valence-electron chi connectivity index (χ3n) is 6.60. The summed E-state index contributed by atoms with van der Waals surface area (Å²) >= 11 is 0. The molecular formula is C29H30N6O. The van der Waals surface area contributed by atoms with Crippen LogP contribution in [-0.2, 0) is 27.2 Å². The fourth-order valence-corrected chi connectivity index (χ4v) is 5.09. The molecule has 0 bridgehead atoms. The number of fused-ring (bicyclic) bond motifs is 1. The minimum Gasteiger partial charge on any atom is -0.335 e. The molecule has 36 heavy (non-hydrogen) atoms. The zero-order valence-electron chi connectivity index (χ0n) is 21.4. The molecule has 0 spiro atoms. The summed E-state index contributed by atoms with van der Waals surface area (Å²) < 4.78 is 3.62. The van der Waals surface area contributed by atoms with E-state index < -0.39 is 0 Å². The van der Waals surface area contributed by atoms with Gasteiger partial charge in [-0.15, -0.1) is 0 Å². The lowest BCUT2D eigenvalue weighted by Gasteiger charge is -2.25. The van der Waals surface area contributed by atoms with E-state index in [4.69, 9.17) is 4.98 Å². The SMILES string of the molecule is Cc1cc(C)c(-c2cn(C)c3nc(N(Cc4cccnc4)Cc4cccnc4)n(C)c(=O)c23)c(C)c1. The van der Waals surface area contributed by atoms with Crippen molar-refractivity contribution in [1.29, 1.82) is 0 Å². The van der Waals surface area contributed by atoms with Crippen LogP contribution in [0.3, 0.4) is 0 Å². The Morgan fingerprint density at radius 2 is 1.47 bits per heavy atom. The van der Waals surface area contributed by atoms with Gasteiger partial charge in [0.2, 0.25) is 5.95 Å². The van der Waals surface area contributed by atoms with Crippen molar-refractivity contribution < 1.29 is 0 Å². The molecule has 0 aliphatic heterocycles. The monoisotopic (exact) mass is 478 g/mol. The van der Waals surface area contributed by atoms with E-state index >= 15 is 0 Å². The molecule has 0 radical (unpaired) electrons. The van der Waals surface area contributed by atoms with Crippen LogP contribution in [0.5, 0.6) is 0 Å². The van der Waals surface area contributed by atoms with Crippen LogP contribution < -0.4 is 10.5 Å². The van der Waals surface area contributed by atoms with Gasteiger partial charge < -0.3 is 9.47 Å². The fraction of sp³-hybridized carbons (Fsp3) is 0.241. The van der Waals surface area contributed by atoms with Crippen LogP contribution in [0.2, 0.25) is 0 Å². The molecule has 0 N–H and O–H groups in total. The normalized spacial score (nSPS) is 11.2. The molecule has 0 fully saturated rings. The average Bonchev–Trinajstić information content (AvgIpc) is 3.17. The largest absolute Gasteiger partial charge is 0.335 e. The molecule has 0 unspecified atom stereocenters. The number of benzene rings is 1. The molecule has 0 atom stereocenters. The van der Waals surface area contributed by atoms with Gasteiger partial charge >= 0.3 is 0 Å². The number of rotatable bonds is 6. The number of aromatic nitrogens is 5. The van der Waals surface area contributed by atoms with Gasteiger partial charge in [-0.25, -0.2) is 0 Å². The Morgan fingerprint density at radius 3 is 2.00 bits per heavy atom. The van der Waals surface area contributed by atoms with Crippen molar-refractivity contribution in [2.24, 2.45) is 14.1 Å². The predicted molar refractivity (Wildman–Crippen MR) is 144 cm³/mol. The van der Waals surface area contributed by atoms with Crippen LogP contribution in [0, 0.1) is 20.8 Å². The highest BCUT2D eigenvalue weighted by Crippen LogP contribution is 2.34. The van der Waals surface area contributed by atoms with Gasteiger partial charge in [0, 0.05) is 63.7 Å². The van der Waals surface area contributed by atoms with Crippen LogP contribution in [0.15, 0.2) is 72.2 Å². The first-order chi connectivity index (χ1) is 17.3. The number of anilines is 1. The lowest BCUT2D eigenvalue weighted by molar-refractivity contribution is 0.704. The van der Waals surface area contributed by atoms with E-state index in [1.807, 2.05) is 54.5 Å². The second-order valence-corrected chi connectivity index (χ2v) is 9.48. The maximum atomic E-state index is 13.9. The summed E-state index contributed by atoms with van der Waals surface area (Å²) in [5.74, 6) is 0.602. The highest BCUT2D eigenvalue weighted by Gasteiger charge is 2.22. The minimum absolute atomic E-state index is 0.0626. The van der Waals surface area contributed by atoms with Gasteiger partial charge in [0.1, 0.15) is 5.65 Å². The molecule has 4 heterocycles. The van der Waals surface area contributed by atoms with Gasteiger partial charge in [-0.3, -0.25) is 19.3 Å². The number of aryl methyl sites for hydroxylation is 4. The van der Waals surface area contributed by atoms with Gasteiger partial charge in [0.15, 0.2) is 0 Å². The summed E-state index contributed by atoms with van der Waals surface area (Å²) in [7, 11) is 3.75. The van der Waals surface area contributed by atoms with Gasteiger partial charge in [-0.05, 0) is 60.7 Å². The van der Waals surface area contributed by atoms with Crippen LogP contribution in [0.1, 0.15) is 27.8 Å². The lowest BCUT2D eigenvalue weighted by atomic mass is 9.94. The second kappa shape index (κ2) is 9.41. The van der Waals surface area contributed by atoms with Crippen molar-refractivity contribution >= 4 is 17.0 Å². The van der Waals surface area contributed by atoms with Crippen LogP contribution in [-0.4, -0.2) is 24.1 Å². The Labute approximate surface area is 210 Å². The van der Waals surface area contributed by atoms with Crippen molar-refractivity contribution in [1.82, 2.24) is 24.1 Å². The summed E-state index contributed by atoms with van der Waals surface area (Å²) in [6, 6.07) is 12.2. The second-order valence-electron chi connectivity index (χ2n) is 9.48. The van der Waals surface area contributed by atoms with Gasteiger partial charge in [0.25, 0.3) is 5.56 Å². The zero-order valence-corrected chi connectivity index (χ0v) is 21.4. The van der Waals surface area contributed by atoms with E-state index in [0.29, 0.717) is 30.1 Å². The Balaban J connectivity index is 1.69. The predicted octanol–water partition coefficient (Wildman–Crippen LogP) is 4.86. The average molecular weight is 479 g/mol. The van der Waals surface area contributed by atoms with E-state index in [9.17, 15) is 4.79 Å². The molecule has 7 nitrogen and oxygen atoms in total. The number of pyridine rings is 2. The number of nitrogens with zero attached hydrogens (tertiary/aromatic N) is 6. The van der Waals surface area contributed by atoms with Crippen molar-refractivity contribution in [3.63, 3.8) is 0 Å². The van der Waals surface area contributed by atoms with E-state index in [2.05, 4.69) is 47.8 Å². The molecule has 1 aromatic carbocycles. The summed E-state index contributed by atoms with van der Waals surface area (Å²) in [6.45, 7) is 7.41. The third-order valence-corrected chi connectivity index (χ3v) is 6.60. The Hall–Kier alpha value is -4.26. The van der Waals surface area contributed by atoms with Crippen molar-refractivity contribution in [2.75, 3.05) is 4.90 Å². The molecule has 0 amide bonds. The van der Waals surface area contributed by atoms with Crippen LogP contribution in [0.4, 0.5) is 5.95 Å². The van der Waals surface area contributed by atoms with Gasteiger partial charge in [-0.2, -0.15) is 4.98 Å². The quantitative estimate of drug-likeness (QED) is 0.349. The summed E-state index contributed by atoms with van der Waals surface area (Å²) in [4.78, 5) is 29.6. The molecule has 4 aromatic heterocycles. The third kappa shape index (κ3) is 4.28. The molecule has 0 saturated carbocycles. The summed E-state index contributed by atoms with van der Waals surface area (Å²) in [6.07, 6.45) is 9.23. The fourth-order valence-electron chi connectivity index (χ4n) is 5.09. The molecule has 0 aliphatic rings. The van der Waals surface area contributed by atoms with Gasteiger partial charge in [0.05, 0.1) is 5.39 Å². The Bertz CT molecular complexity index is 1540. The molecule has 5 rings (SSSR count). The Kier molecular flexibility index (Phi) is 6.14. The maximum absolute atomic E-state index is 13.9. The highest BCUT2D eigenvalue weighted by molar-refractivity contribution is 5.95. The van der Waals surface area contributed by atoms with E-state index in [1.165, 1.54) is 5.56 Å². The Morgan fingerprint density at radius 1 is 0.889 bits per heavy atom. The molecule has 182 valence electrons. The van der Waals surface area contributed by atoms with Crippen LogP contribution >= 0.6 is 0 Å². The molecule has 7 heteroatoms. The van der Waals surface area contributed by atoms with E-state index in [1.54, 1.807) is 24.0 Å². The first-order valence-corrected chi connectivity index (χ1v) is 12.0. The smallest absolute Gasteiger partial charge is 0.264 e. The van der Waals surface area contributed by atoms with Crippen molar-refractivity contribution in [3.8, 4) is 11.1 Å². The summed E-state index contributed by atoms with van der Waals surface area (Å²) in [5, 5.41) is 0.640. The lowest BCUT2D eigenvalue weighted by Crippen LogP contribution is -2.31. The van der Waals surface area contributed by atoms with Crippen molar-refractivity contribution in [3.05, 3.63) is 106 Å². The molecule has 0 aliphatic carbocycles. The first-order valence-electron chi connectivity index (χ1n) is 12.0. The summed E-state index contributed by atoms with van der Waals surface area (Å²) in [5.41, 5.74) is 8.22. The van der Waals surface area contributed by atoms with Crippen LogP contribution in [0.25, 0.3) is 22.2 Å². The van der Waals surface area contributed by atoms with E-state index in [-0.39, 0.29) is 5.56 Å². The number of hydrogen-bond donors (Lipinski definition) is 0. The zero-order chi connectivity index (χ0) is 25.4. The molecular weight excluding hydrogens is 448 g/mol. The van der Waals surface area contributed by atoms with Gasteiger partial charge in [-0.1, -0.05) is 29.8 Å². The highest BCUT2D eigenvalue weighted by atomic mass is 16.1. The van der Waals surface area contributed by atoms with E-state index in [0.717, 1.165) is 33.4 Å². The maximum Gasteiger partial charge on any atom is 0.264 e. The van der Waals surface area contributed by atoms with Crippen molar-refractivity contribution in [2.45, 2.75) is 33.9 Å². The first kappa shape index (κ1) is 23.5. The number of hydrogen-bond acceptors (Lipinski definition) is 5. The topological polar surface area (TPSA) is 68.8 Å².